The first kappa shape index (κ1) is 14.7. The Morgan fingerprint density at radius 3 is 2.55 bits per heavy atom. The zero-order valence-electron chi connectivity index (χ0n) is 10.6. The van der Waals surface area contributed by atoms with E-state index in [4.69, 9.17) is 0 Å². The van der Waals surface area contributed by atoms with E-state index in [1.54, 1.807) is 0 Å². The van der Waals surface area contributed by atoms with E-state index in [0.717, 1.165) is 12.2 Å². The number of hydrogen-bond acceptors (Lipinski definition) is 4. The van der Waals surface area contributed by atoms with Gasteiger partial charge in [-0.15, -0.1) is 18.3 Å². The Hall–Kier alpha value is -1.70. The number of rotatable bonds is 5. The number of ether oxygens (including phenoxy) is 1. The molecule has 2 aromatic rings. The number of halogens is 3. The molecule has 1 aromatic carbocycles. The van der Waals surface area contributed by atoms with Crippen LogP contribution in [0.4, 0.5) is 13.2 Å². The Balaban J connectivity index is 2.07. The van der Waals surface area contributed by atoms with Crippen LogP contribution in [-0.4, -0.2) is 27.3 Å². The average Bonchev–Trinajstić information content (AvgIpc) is 2.84. The van der Waals surface area contributed by atoms with Gasteiger partial charge in [0.25, 0.3) is 0 Å². The van der Waals surface area contributed by atoms with E-state index >= 15 is 0 Å². The fourth-order valence-corrected chi connectivity index (χ4v) is 2.10. The van der Waals surface area contributed by atoms with Gasteiger partial charge in [0.05, 0.1) is 0 Å². The number of thioether (sulfide) groups is 1. The van der Waals surface area contributed by atoms with Crippen molar-refractivity contribution in [1.29, 1.82) is 0 Å². The molecule has 1 heterocycles. The number of nitrogens with zero attached hydrogens (tertiary/aromatic N) is 2. The number of hydrogen-bond donors (Lipinski definition) is 1. The number of nitrogens with one attached hydrogen (secondary N) is 1. The number of alkyl halides is 3. The predicted molar refractivity (Wildman–Crippen MR) is 69.5 cm³/mol. The molecule has 1 N–H and O–H groups in total. The van der Waals surface area contributed by atoms with Crippen molar-refractivity contribution in [2.45, 2.75) is 24.9 Å². The summed E-state index contributed by atoms with van der Waals surface area (Å²) in [6.45, 7) is 2.06. The van der Waals surface area contributed by atoms with Gasteiger partial charge in [0.1, 0.15) is 5.75 Å². The molecule has 0 unspecified atom stereocenters. The first-order valence-electron chi connectivity index (χ1n) is 5.89. The maximum Gasteiger partial charge on any atom is 0.573 e. The van der Waals surface area contributed by atoms with E-state index in [9.17, 15) is 13.2 Å². The topological polar surface area (TPSA) is 50.8 Å². The molecule has 20 heavy (non-hydrogen) atoms. The van der Waals surface area contributed by atoms with Gasteiger partial charge in [0, 0.05) is 11.3 Å². The fraction of sp³-hybridized carbons (Fsp3) is 0.333. The minimum Gasteiger partial charge on any atom is -0.406 e. The van der Waals surface area contributed by atoms with Gasteiger partial charge < -0.3 is 4.74 Å². The van der Waals surface area contributed by atoms with Crippen LogP contribution in [0.3, 0.4) is 0 Å². The van der Waals surface area contributed by atoms with Crippen molar-refractivity contribution in [2.75, 3.05) is 5.75 Å². The summed E-state index contributed by atoms with van der Waals surface area (Å²) in [6.07, 6.45) is -3.67. The van der Waals surface area contributed by atoms with Crippen LogP contribution < -0.4 is 4.74 Å². The van der Waals surface area contributed by atoms with E-state index in [0.29, 0.717) is 16.5 Å². The van der Waals surface area contributed by atoms with Gasteiger partial charge in [-0.1, -0.05) is 18.7 Å². The van der Waals surface area contributed by atoms with Crippen LogP contribution in [0.15, 0.2) is 29.4 Å². The SMILES string of the molecule is CCCSc1n[nH]c(-c2ccc(OC(F)(F)F)cc2)n1. The highest BCUT2D eigenvalue weighted by molar-refractivity contribution is 7.99. The molecule has 0 saturated heterocycles. The van der Waals surface area contributed by atoms with Gasteiger partial charge in [-0.05, 0) is 30.7 Å². The van der Waals surface area contributed by atoms with Gasteiger partial charge in [0.15, 0.2) is 5.82 Å². The maximum atomic E-state index is 12.0. The minimum atomic E-state index is -4.68. The van der Waals surface area contributed by atoms with Crippen molar-refractivity contribution in [1.82, 2.24) is 15.2 Å². The third kappa shape index (κ3) is 4.16. The van der Waals surface area contributed by atoms with Crippen molar-refractivity contribution in [3.05, 3.63) is 24.3 Å². The highest BCUT2D eigenvalue weighted by Gasteiger charge is 2.30. The van der Waals surface area contributed by atoms with Crippen LogP contribution in [0.1, 0.15) is 13.3 Å². The van der Waals surface area contributed by atoms with Gasteiger partial charge in [-0.2, -0.15) is 0 Å². The zero-order chi connectivity index (χ0) is 14.6. The summed E-state index contributed by atoms with van der Waals surface area (Å²) in [5.74, 6) is 1.17. The summed E-state index contributed by atoms with van der Waals surface area (Å²) in [7, 11) is 0. The fourth-order valence-electron chi connectivity index (χ4n) is 1.45. The van der Waals surface area contributed by atoms with E-state index in [1.807, 2.05) is 0 Å². The minimum absolute atomic E-state index is 0.263. The summed E-state index contributed by atoms with van der Waals surface area (Å²) in [5, 5.41) is 7.40. The quantitative estimate of drug-likeness (QED) is 0.852. The van der Waals surface area contributed by atoms with Gasteiger partial charge in [-0.25, -0.2) is 4.98 Å². The Morgan fingerprint density at radius 2 is 1.95 bits per heavy atom. The number of aromatic amines is 1. The lowest BCUT2D eigenvalue weighted by Crippen LogP contribution is -2.16. The summed E-state index contributed by atoms with van der Waals surface area (Å²) in [4.78, 5) is 4.26. The Kier molecular flexibility index (Phi) is 4.53. The largest absolute Gasteiger partial charge is 0.573 e. The lowest BCUT2D eigenvalue weighted by Gasteiger charge is -2.08. The van der Waals surface area contributed by atoms with Gasteiger partial charge in [-0.3, -0.25) is 5.10 Å². The monoisotopic (exact) mass is 303 g/mol. The van der Waals surface area contributed by atoms with Crippen LogP contribution in [0.5, 0.6) is 5.75 Å². The predicted octanol–water partition coefficient (Wildman–Crippen LogP) is 3.87. The highest BCUT2D eigenvalue weighted by atomic mass is 32.2. The van der Waals surface area contributed by atoms with Gasteiger partial charge in [0.2, 0.25) is 5.16 Å². The summed E-state index contributed by atoms with van der Waals surface area (Å²) >= 11 is 1.52. The van der Waals surface area contributed by atoms with Crippen LogP contribution >= 0.6 is 11.8 Å². The van der Waals surface area contributed by atoms with Crippen LogP contribution in [0.25, 0.3) is 11.4 Å². The molecule has 0 aliphatic heterocycles. The third-order valence-corrected chi connectivity index (χ3v) is 3.31. The van der Waals surface area contributed by atoms with Crippen molar-refractivity contribution in [3.8, 4) is 17.1 Å². The number of aromatic nitrogens is 3. The molecular weight excluding hydrogens is 291 g/mol. The average molecular weight is 303 g/mol. The molecule has 0 aliphatic rings. The second kappa shape index (κ2) is 6.17. The Bertz CT molecular complexity index is 554. The van der Waals surface area contributed by atoms with Crippen molar-refractivity contribution in [2.24, 2.45) is 0 Å². The standard InChI is InChI=1S/C12H12F3N3OS/c1-2-7-20-11-16-10(17-18-11)8-3-5-9(6-4-8)19-12(13,14)15/h3-6H,2,7H2,1H3,(H,16,17,18). The molecule has 8 heteroatoms. The first-order valence-corrected chi connectivity index (χ1v) is 6.88. The van der Waals surface area contributed by atoms with Crippen molar-refractivity contribution >= 4 is 11.8 Å². The summed E-state index contributed by atoms with van der Waals surface area (Å²) in [6, 6.07) is 5.47. The molecule has 108 valence electrons. The molecule has 2 rings (SSSR count). The van der Waals surface area contributed by atoms with Gasteiger partial charge >= 0.3 is 6.36 Å². The highest BCUT2D eigenvalue weighted by Crippen LogP contribution is 2.25. The van der Waals surface area contributed by atoms with E-state index in [1.165, 1.54) is 36.0 Å². The molecule has 0 amide bonds. The van der Waals surface area contributed by atoms with E-state index in [-0.39, 0.29) is 5.75 Å². The Labute approximate surface area is 117 Å². The van der Waals surface area contributed by atoms with Crippen LogP contribution in [0.2, 0.25) is 0 Å². The molecule has 0 saturated carbocycles. The molecular formula is C12H12F3N3OS. The second-order valence-corrected chi connectivity index (χ2v) is 4.95. The summed E-state index contributed by atoms with van der Waals surface area (Å²) in [5.41, 5.74) is 0.648. The molecule has 0 fully saturated rings. The lowest BCUT2D eigenvalue weighted by atomic mass is 10.2. The van der Waals surface area contributed by atoms with Crippen LogP contribution in [0, 0.1) is 0 Å². The smallest absolute Gasteiger partial charge is 0.406 e. The third-order valence-electron chi connectivity index (χ3n) is 2.26. The molecule has 4 nitrogen and oxygen atoms in total. The lowest BCUT2D eigenvalue weighted by molar-refractivity contribution is -0.274. The van der Waals surface area contributed by atoms with Crippen molar-refractivity contribution < 1.29 is 17.9 Å². The second-order valence-electron chi connectivity index (χ2n) is 3.89. The molecule has 1 aromatic heterocycles. The molecule has 0 radical (unpaired) electrons. The number of benzene rings is 1. The normalized spacial score (nSPS) is 11.6. The van der Waals surface area contributed by atoms with E-state index in [2.05, 4.69) is 26.8 Å². The first-order chi connectivity index (χ1) is 9.48. The maximum absolute atomic E-state index is 12.0. The number of H-pyrrole nitrogens is 1. The molecule has 0 atom stereocenters. The van der Waals surface area contributed by atoms with Crippen molar-refractivity contribution in [3.63, 3.8) is 0 Å². The molecule has 0 aliphatic carbocycles. The zero-order valence-corrected chi connectivity index (χ0v) is 11.4. The molecule has 0 bridgehead atoms. The Morgan fingerprint density at radius 1 is 1.25 bits per heavy atom. The van der Waals surface area contributed by atoms with E-state index < -0.39 is 6.36 Å². The summed E-state index contributed by atoms with van der Waals surface area (Å²) < 4.78 is 39.9. The van der Waals surface area contributed by atoms with Crippen LogP contribution in [-0.2, 0) is 0 Å². The molecule has 0 spiro atoms.